The van der Waals surface area contributed by atoms with Crippen molar-refractivity contribution in [1.82, 2.24) is 10.2 Å². The Bertz CT molecular complexity index is 1810. The maximum absolute atomic E-state index is 14.8. The summed E-state index contributed by atoms with van der Waals surface area (Å²) in [6.45, 7) is 7.15. The van der Waals surface area contributed by atoms with E-state index in [4.69, 9.17) is 9.47 Å². The number of carbonyl (C=O) groups excluding carboxylic acids is 2. The minimum absolute atomic E-state index is 0.0223. The molecule has 1 unspecified atom stereocenters. The van der Waals surface area contributed by atoms with Crippen LogP contribution in [0.25, 0.3) is 0 Å². The molecule has 0 radical (unpaired) electrons. The largest absolute Gasteiger partial charge is 0.497 e. The summed E-state index contributed by atoms with van der Waals surface area (Å²) in [5.41, 5.74) is 1.18. The standard InChI is InChI=1S/C38H45N3O6S2/c1-7-47-35-19-12-11-18-33(35)41(49(44,45)32-22-20-31(48-6)21-23-32)27-36(42)40(26-29-16-13-17-30(24-29)46-5)34(37(43)39-38(2,3)4)25-28-14-9-8-10-15-28/h8-24,34H,7,25-27H2,1-6H3,(H,39,43). The fraction of sp³-hybridized carbons (Fsp3) is 0.316. The monoisotopic (exact) mass is 703 g/mol. The van der Waals surface area contributed by atoms with E-state index in [9.17, 15) is 18.0 Å². The summed E-state index contributed by atoms with van der Waals surface area (Å²) >= 11 is 1.49. The zero-order valence-electron chi connectivity index (χ0n) is 28.9. The van der Waals surface area contributed by atoms with Crippen LogP contribution in [-0.2, 0) is 32.6 Å². The van der Waals surface area contributed by atoms with Gasteiger partial charge in [0.15, 0.2) is 0 Å². The van der Waals surface area contributed by atoms with Crippen molar-refractivity contribution in [2.24, 2.45) is 0 Å². The summed E-state index contributed by atoms with van der Waals surface area (Å²) < 4.78 is 41.3. The molecule has 0 saturated carbocycles. The lowest BCUT2D eigenvalue weighted by molar-refractivity contribution is -0.140. The first-order valence-electron chi connectivity index (χ1n) is 16.0. The van der Waals surface area contributed by atoms with Crippen LogP contribution in [0.15, 0.2) is 113 Å². The molecule has 49 heavy (non-hydrogen) atoms. The van der Waals surface area contributed by atoms with E-state index in [0.29, 0.717) is 17.1 Å². The lowest BCUT2D eigenvalue weighted by Crippen LogP contribution is -2.56. The topological polar surface area (TPSA) is 105 Å². The molecular weight excluding hydrogens is 659 g/mol. The predicted molar refractivity (Wildman–Crippen MR) is 196 cm³/mol. The highest BCUT2D eigenvalue weighted by Gasteiger charge is 2.36. The number of nitrogens with zero attached hydrogens (tertiary/aromatic N) is 2. The van der Waals surface area contributed by atoms with Gasteiger partial charge in [0, 0.05) is 23.4 Å². The van der Waals surface area contributed by atoms with Crippen LogP contribution >= 0.6 is 11.8 Å². The van der Waals surface area contributed by atoms with Gasteiger partial charge in [0.05, 0.1) is 24.3 Å². The highest BCUT2D eigenvalue weighted by atomic mass is 32.2. The van der Waals surface area contributed by atoms with E-state index < -0.39 is 34.1 Å². The van der Waals surface area contributed by atoms with Gasteiger partial charge in [-0.3, -0.25) is 13.9 Å². The molecule has 0 spiro atoms. The van der Waals surface area contributed by atoms with E-state index >= 15 is 0 Å². The van der Waals surface area contributed by atoms with Gasteiger partial charge in [0.2, 0.25) is 11.8 Å². The minimum Gasteiger partial charge on any atom is -0.497 e. The summed E-state index contributed by atoms with van der Waals surface area (Å²) in [5.74, 6) is -0.0206. The number of rotatable bonds is 15. The Morgan fingerprint density at radius 3 is 2.16 bits per heavy atom. The Morgan fingerprint density at radius 2 is 1.53 bits per heavy atom. The Kier molecular flexibility index (Phi) is 12.8. The molecule has 0 aliphatic heterocycles. The smallest absolute Gasteiger partial charge is 0.264 e. The van der Waals surface area contributed by atoms with Gasteiger partial charge in [-0.05, 0) is 93.6 Å². The predicted octanol–water partition coefficient (Wildman–Crippen LogP) is 6.57. The van der Waals surface area contributed by atoms with Gasteiger partial charge in [-0.25, -0.2) is 8.42 Å². The van der Waals surface area contributed by atoms with Crippen molar-refractivity contribution >= 4 is 39.3 Å². The molecule has 0 heterocycles. The fourth-order valence-electron chi connectivity index (χ4n) is 5.30. The van der Waals surface area contributed by atoms with E-state index in [1.54, 1.807) is 62.6 Å². The highest BCUT2D eigenvalue weighted by molar-refractivity contribution is 7.98. The van der Waals surface area contributed by atoms with Gasteiger partial charge < -0.3 is 19.7 Å². The Hall–Kier alpha value is -4.48. The normalized spacial score (nSPS) is 12.1. The maximum atomic E-state index is 14.8. The lowest BCUT2D eigenvalue weighted by Gasteiger charge is -2.35. The molecule has 4 rings (SSSR count). The van der Waals surface area contributed by atoms with Crippen LogP contribution in [0.4, 0.5) is 5.69 Å². The number of thioether (sulfide) groups is 1. The number of anilines is 1. The van der Waals surface area contributed by atoms with Crippen molar-refractivity contribution in [2.45, 2.75) is 62.0 Å². The van der Waals surface area contributed by atoms with Crippen LogP contribution in [0.5, 0.6) is 11.5 Å². The van der Waals surface area contributed by atoms with Crippen molar-refractivity contribution in [3.8, 4) is 11.5 Å². The second-order valence-electron chi connectivity index (χ2n) is 12.4. The molecule has 9 nitrogen and oxygen atoms in total. The number of para-hydroxylation sites is 2. The Labute approximate surface area is 294 Å². The fourth-order valence-corrected chi connectivity index (χ4v) is 7.14. The van der Waals surface area contributed by atoms with Gasteiger partial charge in [-0.1, -0.05) is 54.6 Å². The molecular formula is C38H45N3O6S2. The Balaban J connectivity index is 1.86. The zero-order chi connectivity index (χ0) is 35.6. The van der Waals surface area contributed by atoms with Gasteiger partial charge in [-0.2, -0.15) is 0 Å². The first-order valence-corrected chi connectivity index (χ1v) is 18.7. The lowest BCUT2D eigenvalue weighted by atomic mass is 10.0. The molecule has 0 aliphatic rings. The number of benzene rings is 4. The summed E-state index contributed by atoms with van der Waals surface area (Å²) in [7, 11) is -2.73. The molecule has 4 aromatic carbocycles. The van der Waals surface area contributed by atoms with Crippen LogP contribution in [0, 0.1) is 0 Å². The molecule has 11 heteroatoms. The van der Waals surface area contributed by atoms with Crippen molar-refractivity contribution in [3.05, 3.63) is 114 Å². The third-order valence-electron chi connectivity index (χ3n) is 7.62. The number of hydrogen-bond donors (Lipinski definition) is 1. The van der Waals surface area contributed by atoms with Gasteiger partial charge >= 0.3 is 0 Å². The summed E-state index contributed by atoms with van der Waals surface area (Å²) in [5, 5.41) is 3.05. The molecule has 0 saturated heterocycles. The number of sulfonamides is 1. The van der Waals surface area contributed by atoms with E-state index in [2.05, 4.69) is 5.32 Å². The number of hydrogen-bond acceptors (Lipinski definition) is 7. The first kappa shape index (κ1) is 37.3. The van der Waals surface area contributed by atoms with E-state index in [1.807, 2.05) is 69.5 Å². The molecule has 260 valence electrons. The van der Waals surface area contributed by atoms with Crippen molar-refractivity contribution in [3.63, 3.8) is 0 Å². The number of methoxy groups -OCH3 is 1. The second kappa shape index (κ2) is 16.8. The van der Waals surface area contributed by atoms with Gasteiger partial charge in [-0.15, -0.1) is 11.8 Å². The summed E-state index contributed by atoms with van der Waals surface area (Å²) in [4.78, 5) is 31.3. The molecule has 2 amide bonds. The molecule has 0 aliphatic carbocycles. The Morgan fingerprint density at radius 1 is 0.878 bits per heavy atom. The molecule has 0 bridgehead atoms. The highest BCUT2D eigenvalue weighted by Crippen LogP contribution is 2.33. The van der Waals surface area contributed by atoms with Gasteiger partial charge in [0.25, 0.3) is 10.0 Å². The van der Waals surface area contributed by atoms with Crippen LogP contribution in [0.3, 0.4) is 0 Å². The zero-order valence-corrected chi connectivity index (χ0v) is 30.5. The first-order chi connectivity index (χ1) is 23.4. The van der Waals surface area contributed by atoms with Crippen LogP contribution in [0.1, 0.15) is 38.8 Å². The third kappa shape index (κ3) is 10.0. The van der Waals surface area contributed by atoms with Gasteiger partial charge in [0.1, 0.15) is 24.1 Å². The number of nitrogens with one attached hydrogen (secondary N) is 1. The number of amides is 2. The molecule has 4 aromatic rings. The molecule has 0 aromatic heterocycles. The number of carbonyl (C=O) groups is 2. The minimum atomic E-state index is -4.29. The van der Waals surface area contributed by atoms with Crippen molar-refractivity contribution < 1.29 is 27.5 Å². The third-order valence-corrected chi connectivity index (χ3v) is 10.1. The summed E-state index contributed by atoms with van der Waals surface area (Å²) in [6, 6.07) is 29.0. The quantitative estimate of drug-likeness (QED) is 0.140. The average molecular weight is 704 g/mol. The van der Waals surface area contributed by atoms with Crippen molar-refractivity contribution in [2.75, 3.05) is 30.8 Å². The summed E-state index contributed by atoms with van der Waals surface area (Å²) in [6.07, 6.45) is 2.11. The van der Waals surface area contributed by atoms with Crippen LogP contribution in [-0.4, -0.2) is 63.2 Å². The molecule has 1 N–H and O–H groups in total. The SMILES string of the molecule is CCOc1ccccc1N(CC(=O)N(Cc1cccc(OC)c1)C(Cc1ccccc1)C(=O)NC(C)(C)C)S(=O)(=O)c1ccc(SC)cc1. The van der Waals surface area contributed by atoms with Crippen LogP contribution in [0.2, 0.25) is 0 Å². The molecule has 0 fully saturated rings. The number of ether oxygens (including phenoxy) is 2. The molecule has 1 atom stereocenters. The van der Waals surface area contributed by atoms with Crippen molar-refractivity contribution in [1.29, 1.82) is 0 Å². The van der Waals surface area contributed by atoms with E-state index in [0.717, 1.165) is 14.8 Å². The van der Waals surface area contributed by atoms with Crippen LogP contribution < -0.4 is 19.1 Å². The maximum Gasteiger partial charge on any atom is 0.264 e. The second-order valence-corrected chi connectivity index (χ2v) is 15.1. The van der Waals surface area contributed by atoms with E-state index in [-0.39, 0.29) is 36.1 Å². The average Bonchev–Trinajstić information content (AvgIpc) is 3.09. The van der Waals surface area contributed by atoms with E-state index in [1.165, 1.54) is 28.8 Å².